The molecule has 0 aliphatic carbocycles. The van der Waals surface area contributed by atoms with Gasteiger partial charge >= 0.3 is 0 Å². The molecule has 0 aliphatic heterocycles. The van der Waals surface area contributed by atoms with Crippen molar-refractivity contribution >= 4 is 0 Å². The first kappa shape index (κ1) is 13.8. The van der Waals surface area contributed by atoms with Gasteiger partial charge in [-0.1, -0.05) is 13.8 Å². The molecule has 0 aromatic carbocycles. The highest BCUT2D eigenvalue weighted by molar-refractivity contribution is 4.63. The van der Waals surface area contributed by atoms with Gasteiger partial charge in [-0.25, -0.2) is 0 Å². The highest BCUT2D eigenvalue weighted by Crippen LogP contribution is 1.93. The molecule has 0 aromatic heterocycles. The van der Waals surface area contributed by atoms with Crippen LogP contribution in [0.2, 0.25) is 0 Å². The second-order valence-corrected chi connectivity index (χ2v) is 4.08. The predicted octanol–water partition coefficient (Wildman–Crippen LogP) is -0.00970. The summed E-state index contributed by atoms with van der Waals surface area (Å²) in [5.41, 5.74) is 0. The van der Waals surface area contributed by atoms with Crippen LogP contribution in [0.15, 0.2) is 0 Å². The van der Waals surface area contributed by atoms with Gasteiger partial charge < -0.3 is 20.3 Å². The van der Waals surface area contributed by atoms with Gasteiger partial charge in [0.2, 0.25) is 0 Å². The molecule has 14 heavy (non-hydrogen) atoms. The summed E-state index contributed by atoms with van der Waals surface area (Å²) in [6.45, 7) is 7.56. The molecular weight excluding hydrogens is 182 g/mol. The Morgan fingerprint density at radius 2 is 1.86 bits per heavy atom. The number of aliphatic hydroxyl groups is 2. The topological polar surface area (TPSA) is 61.7 Å². The van der Waals surface area contributed by atoms with Crippen molar-refractivity contribution in [2.24, 2.45) is 5.92 Å². The van der Waals surface area contributed by atoms with Crippen molar-refractivity contribution in [3.8, 4) is 0 Å². The van der Waals surface area contributed by atoms with Crippen LogP contribution in [-0.2, 0) is 4.74 Å². The van der Waals surface area contributed by atoms with Crippen LogP contribution in [0.5, 0.6) is 0 Å². The predicted molar refractivity (Wildman–Crippen MR) is 56.2 cm³/mol. The number of rotatable bonds is 8. The van der Waals surface area contributed by atoms with Crippen molar-refractivity contribution < 1.29 is 14.9 Å². The quantitative estimate of drug-likeness (QED) is 0.521. The molecule has 0 amide bonds. The van der Waals surface area contributed by atoms with Gasteiger partial charge in [0.05, 0.1) is 19.3 Å². The van der Waals surface area contributed by atoms with Crippen LogP contribution in [-0.4, -0.2) is 48.7 Å². The van der Waals surface area contributed by atoms with E-state index in [1.165, 1.54) is 0 Å². The van der Waals surface area contributed by atoms with E-state index >= 15 is 0 Å². The average Bonchev–Trinajstić information content (AvgIpc) is 2.13. The molecular formula is C10H23NO3. The van der Waals surface area contributed by atoms with Crippen LogP contribution >= 0.6 is 0 Å². The first-order valence-electron chi connectivity index (χ1n) is 5.16. The van der Waals surface area contributed by atoms with Crippen LogP contribution in [0.3, 0.4) is 0 Å². The Morgan fingerprint density at radius 3 is 2.36 bits per heavy atom. The van der Waals surface area contributed by atoms with E-state index < -0.39 is 6.10 Å². The number of hydrogen-bond acceptors (Lipinski definition) is 4. The highest BCUT2D eigenvalue weighted by Gasteiger charge is 2.06. The van der Waals surface area contributed by atoms with E-state index in [-0.39, 0.29) is 12.6 Å². The summed E-state index contributed by atoms with van der Waals surface area (Å²) in [5, 5.41) is 21.1. The zero-order valence-corrected chi connectivity index (χ0v) is 9.36. The van der Waals surface area contributed by atoms with Crippen molar-refractivity contribution in [2.45, 2.75) is 32.9 Å². The normalized spacial score (nSPS) is 15.9. The summed E-state index contributed by atoms with van der Waals surface area (Å²) in [7, 11) is 0. The first-order valence-corrected chi connectivity index (χ1v) is 5.16. The van der Waals surface area contributed by atoms with Crippen molar-refractivity contribution in [3.63, 3.8) is 0 Å². The van der Waals surface area contributed by atoms with Crippen LogP contribution in [0.1, 0.15) is 20.8 Å². The maximum Gasteiger partial charge on any atom is 0.0897 e. The lowest BCUT2D eigenvalue weighted by atomic mass is 10.2. The fourth-order valence-corrected chi connectivity index (χ4v) is 0.900. The molecule has 0 aliphatic rings. The minimum atomic E-state index is -0.497. The largest absolute Gasteiger partial charge is 0.395 e. The molecule has 4 heteroatoms. The maximum atomic E-state index is 9.44. The molecule has 0 fully saturated rings. The van der Waals surface area contributed by atoms with E-state index in [1.807, 2.05) is 6.92 Å². The fourth-order valence-electron chi connectivity index (χ4n) is 0.900. The van der Waals surface area contributed by atoms with E-state index in [1.54, 1.807) is 0 Å². The Morgan fingerprint density at radius 1 is 1.21 bits per heavy atom. The summed E-state index contributed by atoms with van der Waals surface area (Å²) >= 11 is 0. The minimum Gasteiger partial charge on any atom is -0.395 e. The Labute approximate surface area is 86.3 Å². The zero-order valence-electron chi connectivity index (χ0n) is 9.36. The molecule has 0 saturated carbocycles. The smallest absolute Gasteiger partial charge is 0.0897 e. The van der Waals surface area contributed by atoms with Gasteiger partial charge in [0.25, 0.3) is 0 Å². The molecule has 0 saturated heterocycles. The molecule has 2 unspecified atom stereocenters. The Kier molecular flexibility index (Phi) is 8.08. The number of hydrogen-bond donors (Lipinski definition) is 3. The van der Waals surface area contributed by atoms with Gasteiger partial charge in [-0.15, -0.1) is 0 Å². The van der Waals surface area contributed by atoms with Crippen LogP contribution in [0.4, 0.5) is 0 Å². The Balaban J connectivity index is 3.32. The van der Waals surface area contributed by atoms with Crippen LogP contribution in [0, 0.1) is 5.92 Å². The van der Waals surface area contributed by atoms with Gasteiger partial charge in [0.1, 0.15) is 0 Å². The molecule has 4 nitrogen and oxygen atoms in total. The third-order valence-corrected chi connectivity index (χ3v) is 1.74. The lowest BCUT2D eigenvalue weighted by molar-refractivity contribution is 0.0244. The molecule has 2 atom stereocenters. The molecule has 3 N–H and O–H groups in total. The van der Waals surface area contributed by atoms with E-state index in [2.05, 4.69) is 19.2 Å². The molecule has 0 rings (SSSR count). The summed E-state index contributed by atoms with van der Waals surface area (Å²) in [6, 6.07) is 0.0229. The first-order chi connectivity index (χ1) is 6.56. The highest BCUT2D eigenvalue weighted by atomic mass is 16.5. The summed E-state index contributed by atoms with van der Waals surface area (Å²) < 4.78 is 5.27. The lowest BCUT2D eigenvalue weighted by Crippen LogP contribution is -2.37. The van der Waals surface area contributed by atoms with Gasteiger partial charge in [-0.05, 0) is 12.8 Å². The maximum absolute atomic E-state index is 9.44. The second-order valence-electron chi connectivity index (χ2n) is 4.08. The second kappa shape index (κ2) is 8.17. The summed E-state index contributed by atoms with van der Waals surface area (Å²) in [4.78, 5) is 0. The van der Waals surface area contributed by atoms with E-state index in [4.69, 9.17) is 9.84 Å². The standard InChI is InChI=1S/C10H23NO3/c1-8(2)6-14-7-10(13)4-11-9(3)5-12/h8-13H,4-7H2,1-3H3. The number of aliphatic hydroxyl groups excluding tert-OH is 2. The van der Waals surface area contributed by atoms with E-state index in [0.29, 0.717) is 25.7 Å². The molecule has 0 spiro atoms. The molecule has 0 radical (unpaired) electrons. The molecule has 86 valence electrons. The minimum absolute atomic E-state index is 0.0229. The number of nitrogens with one attached hydrogen (secondary N) is 1. The molecule has 0 bridgehead atoms. The van der Waals surface area contributed by atoms with Crippen LogP contribution < -0.4 is 5.32 Å². The number of ether oxygens (including phenoxy) is 1. The monoisotopic (exact) mass is 205 g/mol. The third kappa shape index (κ3) is 8.44. The van der Waals surface area contributed by atoms with Crippen LogP contribution in [0.25, 0.3) is 0 Å². The van der Waals surface area contributed by atoms with E-state index in [9.17, 15) is 5.11 Å². The fraction of sp³-hybridized carbons (Fsp3) is 1.00. The zero-order chi connectivity index (χ0) is 11.0. The summed E-state index contributed by atoms with van der Waals surface area (Å²) in [6.07, 6.45) is -0.497. The molecule has 0 heterocycles. The SMILES string of the molecule is CC(C)COCC(O)CNC(C)CO. The van der Waals surface area contributed by atoms with Crippen molar-refractivity contribution in [2.75, 3.05) is 26.4 Å². The summed E-state index contributed by atoms with van der Waals surface area (Å²) in [5.74, 6) is 0.492. The Hall–Kier alpha value is -0.160. The molecule has 0 aromatic rings. The van der Waals surface area contributed by atoms with E-state index in [0.717, 1.165) is 0 Å². The van der Waals surface area contributed by atoms with Gasteiger partial charge in [0.15, 0.2) is 0 Å². The van der Waals surface area contributed by atoms with Gasteiger partial charge in [0, 0.05) is 19.2 Å². The third-order valence-electron chi connectivity index (χ3n) is 1.74. The van der Waals surface area contributed by atoms with Gasteiger partial charge in [-0.3, -0.25) is 0 Å². The van der Waals surface area contributed by atoms with Crippen molar-refractivity contribution in [1.82, 2.24) is 5.32 Å². The van der Waals surface area contributed by atoms with Gasteiger partial charge in [-0.2, -0.15) is 0 Å². The average molecular weight is 205 g/mol. The lowest BCUT2D eigenvalue weighted by Gasteiger charge is -2.16. The van der Waals surface area contributed by atoms with Crippen molar-refractivity contribution in [3.05, 3.63) is 0 Å². The Bertz CT molecular complexity index is 131. The van der Waals surface area contributed by atoms with Crippen molar-refractivity contribution in [1.29, 1.82) is 0 Å².